The summed E-state index contributed by atoms with van der Waals surface area (Å²) < 4.78 is 5.74. The van der Waals surface area contributed by atoms with E-state index in [0.29, 0.717) is 38.7 Å². The number of phenols is 2. The van der Waals surface area contributed by atoms with E-state index in [-0.39, 0.29) is 23.1 Å². The Kier molecular flexibility index (Phi) is 4.52. The zero-order valence-electron chi connectivity index (χ0n) is 16.5. The molecule has 5 rings (SSSR count). The van der Waals surface area contributed by atoms with Crippen molar-refractivity contribution in [1.29, 1.82) is 0 Å². The molecule has 0 spiro atoms. The quantitative estimate of drug-likeness (QED) is 0.216. The Morgan fingerprint density at radius 2 is 1.78 bits per heavy atom. The van der Waals surface area contributed by atoms with Crippen LogP contribution in [0.3, 0.4) is 0 Å². The molecule has 0 atom stereocenters. The molecule has 0 fully saturated rings. The number of para-hydroxylation sites is 2. The summed E-state index contributed by atoms with van der Waals surface area (Å²) in [5.41, 5.74) is 2.55. The third-order valence-electron chi connectivity index (χ3n) is 5.08. The standard InChI is InChI=1S/C24H15N3O5/c28-21-10-6-15(12-18(21)24-26-20-3-1-2-4-23(20)32-24)25-13-19-17-8-7-16(27(30)31)11-14(17)5-9-22(19)29/h1-13,28-29H. The van der Waals surface area contributed by atoms with Gasteiger partial charge in [0.25, 0.3) is 5.69 Å². The number of nitro groups is 1. The van der Waals surface area contributed by atoms with Gasteiger partial charge in [0.05, 0.1) is 16.2 Å². The van der Waals surface area contributed by atoms with Gasteiger partial charge in [-0.05, 0) is 53.2 Å². The van der Waals surface area contributed by atoms with Gasteiger partial charge in [-0.1, -0.05) is 18.2 Å². The number of hydrogen-bond acceptors (Lipinski definition) is 7. The predicted molar refractivity (Wildman–Crippen MR) is 121 cm³/mol. The molecule has 8 heteroatoms. The molecule has 2 N–H and O–H groups in total. The second-order valence-electron chi connectivity index (χ2n) is 7.11. The minimum Gasteiger partial charge on any atom is -0.507 e. The number of phenolic OH excluding ortho intramolecular Hbond substituents is 2. The van der Waals surface area contributed by atoms with Crippen molar-refractivity contribution in [2.45, 2.75) is 0 Å². The summed E-state index contributed by atoms with van der Waals surface area (Å²) in [6.45, 7) is 0. The van der Waals surface area contributed by atoms with Crippen molar-refractivity contribution < 1.29 is 19.6 Å². The molecular weight excluding hydrogens is 410 g/mol. The third-order valence-corrected chi connectivity index (χ3v) is 5.08. The summed E-state index contributed by atoms with van der Waals surface area (Å²) in [5.74, 6) is 0.255. The lowest BCUT2D eigenvalue weighted by molar-refractivity contribution is -0.384. The second-order valence-corrected chi connectivity index (χ2v) is 7.11. The number of oxazole rings is 1. The van der Waals surface area contributed by atoms with Gasteiger partial charge in [-0.3, -0.25) is 15.1 Å². The lowest BCUT2D eigenvalue weighted by Gasteiger charge is -2.06. The molecule has 0 aliphatic heterocycles. The monoisotopic (exact) mass is 425 g/mol. The van der Waals surface area contributed by atoms with Gasteiger partial charge >= 0.3 is 0 Å². The first-order valence-corrected chi connectivity index (χ1v) is 9.63. The maximum absolute atomic E-state index is 11.0. The highest BCUT2D eigenvalue weighted by atomic mass is 16.6. The van der Waals surface area contributed by atoms with Gasteiger partial charge in [0.15, 0.2) is 5.58 Å². The average molecular weight is 425 g/mol. The fourth-order valence-electron chi connectivity index (χ4n) is 3.48. The van der Waals surface area contributed by atoms with E-state index in [1.165, 1.54) is 30.5 Å². The first-order chi connectivity index (χ1) is 15.5. The van der Waals surface area contributed by atoms with Crippen molar-refractivity contribution in [3.05, 3.63) is 88.5 Å². The highest BCUT2D eigenvalue weighted by Gasteiger charge is 2.14. The fraction of sp³-hybridized carbons (Fsp3) is 0. The van der Waals surface area contributed by atoms with Crippen LogP contribution in [0.4, 0.5) is 11.4 Å². The second kappa shape index (κ2) is 7.51. The predicted octanol–water partition coefficient (Wildman–Crippen LogP) is 5.72. The highest BCUT2D eigenvalue weighted by Crippen LogP contribution is 2.34. The van der Waals surface area contributed by atoms with E-state index in [1.54, 1.807) is 30.3 Å². The van der Waals surface area contributed by atoms with Crippen LogP contribution < -0.4 is 0 Å². The van der Waals surface area contributed by atoms with E-state index in [2.05, 4.69) is 9.98 Å². The molecule has 1 aromatic heterocycles. The van der Waals surface area contributed by atoms with Crippen molar-refractivity contribution in [3.8, 4) is 23.0 Å². The zero-order valence-corrected chi connectivity index (χ0v) is 16.5. The molecule has 0 unspecified atom stereocenters. The maximum atomic E-state index is 11.0. The van der Waals surface area contributed by atoms with Gasteiger partial charge in [-0.25, -0.2) is 4.98 Å². The minimum atomic E-state index is -0.468. The van der Waals surface area contributed by atoms with Crippen LogP contribution in [-0.4, -0.2) is 26.3 Å². The van der Waals surface area contributed by atoms with E-state index in [4.69, 9.17) is 4.42 Å². The van der Waals surface area contributed by atoms with Crippen LogP contribution in [0.1, 0.15) is 5.56 Å². The Morgan fingerprint density at radius 1 is 0.969 bits per heavy atom. The van der Waals surface area contributed by atoms with Crippen molar-refractivity contribution in [1.82, 2.24) is 4.98 Å². The van der Waals surface area contributed by atoms with Gasteiger partial charge < -0.3 is 14.6 Å². The Hall–Kier alpha value is -4.72. The first kappa shape index (κ1) is 19.3. The van der Waals surface area contributed by atoms with Crippen LogP contribution in [-0.2, 0) is 0 Å². The number of nitrogens with zero attached hydrogens (tertiary/aromatic N) is 3. The van der Waals surface area contributed by atoms with Crippen LogP contribution in [0.2, 0.25) is 0 Å². The number of aromatic hydroxyl groups is 2. The molecule has 0 saturated carbocycles. The van der Waals surface area contributed by atoms with Crippen LogP contribution >= 0.6 is 0 Å². The Morgan fingerprint density at radius 3 is 2.59 bits per heavy atom. The third kappa shape index (κ3) is 3.39. The van der Waals surface area contributed by atoms with Crippen LogP contribution in [0, 0.1) is 10.1 Å². The van der Waals surface area contributed by atoms with Gasteiger partial charge in [0, 0.05) is 23.9 Å². The van der Waals surface area contributed by atoms with Gasteiger partial charge in [0.1, 0.15) is 17.0 Å². The number of hydrogen-bond donors (Lipinski definition) is 2. The summed E-state index contributed by atoms with van der Waals surface area (Å²) in [7, 11) is 0. The van der Waals surface area contributed by atoms with Crippen molar-refractivity contribution >= 4 is 39.5 Å². The number of fused-ring (bicyclic) bond motifs is 2. The molecule has 4 aromatic carbocycles. The van der Waals surface area contributed by atoms with Gasteiger partial charge in [0.2, 0.25) is 5.89 Å². The molecule has 32 heavy (non-hydrogen) atoms. The Bertz CT molecular complexity index is 1510. The molecule has 0 radical (unpaired) electrons. The Labute approximate surface area is 180 Å². The average Bonchev–Trinajstić information content (AvgIpc) is 3.23. The molecule has 5 aromatic rings. The minimum absolute atomic E-state index is 0.00387. The number of aromatic nitrogens is 1. The summed E-state index contributed by atoms with van der Waals surface area (Å²) in [6, 6.07) is 19.5. The zero-order chi connectivity index (χ0) is 22.2. The largest absolute Gasteiger partial charge is 0.507 e. The summed E-state index contributed by atoms with van der Waals surface area (Å²) in [5, 5.41) is 32.9. The summed E-state index contributed by atoms with van der Waals surface area (Å²) in [4.78, 5) is 19.4. The molecule has 0 aliphatic carbocycles. The molecule has 0 saturated heterocycles. The Balaban J connectivity index is 1.55. The van der Waals surface area contributed by atoms with Crippen LogP contribution in [0.5, 0.6) is 11.5 Å². The molecular formula is C24H15N3O5. The maximum Gasteiger partial charge on any atom is 0.270 e. The molecule has 0 aliphatic rings. The molecule has 1 heterocycles. The van der Waals surface area contributed by atoms with Gasteiger partial charge in [-0.15, -0.1) is 0 Å². The number of benzene rings is 4. The van der Waals surface area contributed by atoms with E-state index in [0.717, 1.165) is 0 Å². The molecule has 156 valence electrons. The van der Waals surface area contributed by atoms with Crippen molar-refractivity contribution in [2.75, 3.05) is 0 Å². The fourth-order valence-corrected chi connectivity index (χ4v) is 3.48. The highest BCUT2D eigenvalue weighted by molar-refractivity contribution is 6.03. The molecule has 0 amide bonds. The van der Waals surface area contributed by atoms with Gasteiger partial charge in [-0.2, -0.15) is 0 Å². The summed E-state index contributed by atoms with van der Waals surface area (Å²) in [6.07, 6.45) is 1.48. The van der Waals surface area contributed by atoms with E-state index < -0.39 is 4.92 Å². The molecule has 0 bridgehead atoms. The lowest BCUT2D eigenvalue weighted by Crippen LogP contribution is -1.90. The lowest BCUT2D eigenvalue weighted by atomic mass is 10.0. The number of rotatable bonds is 4. The van der Waals surface area contributed by atoms with Crippen LogP contribution in [0.25, 0.3) is 33.3 Å². The van der Waals surface area contributed by atoms with E-state index >= 15 is 0 Å². The SMILES string of the molecule is O=[N+]([O-])c1ccc2c(C=Nc3ccc(O)c(-c4nc5ccccc5o4)c3)c(O)ccc2c1. The smallest absolute Gasteiger partial charge is 0.270 e. The summed E-state index contributed by atoms with van der Waals surface area (Å²) >= 11 is 0. The molecule has 8 nitrogen and oxygen atoms in total. The van der Waals surface area contributed by atoms with Crippen molar-refractivity contribution in [2.24, 2.45) is 4.99 Å². The van der Waals surface area contributed by atoms with E-state index in [1.807, 2.05) is 18.2 Å². The van der Waals surface area contributed by atoms with Crippen molar-refractivity contribution in [3.63, 3.8) is 0 Å². The normalized spacial score (nSPS) is 11.5. The number of nitro benzene ring substituents is 1. The van der Waals surface area contributed by atoms with Crippen LogP contribution in [0.15, 0.2) is 82.2 Å². The number of non-ortho nitro benzene ring substituents is 1. The first-order valence-electron chi connectivity index (χ1n) is 9.63. The van der Waals surface area contributed by atoms with E-state index in [9.17, 15) is 20.3 Å². The topological polar surface area (TPSA) is 122 Å². The number of aliphatic imine (C=N–C) groups is 1.